The Morgan fingerprint density at radius 3 is 2.61 bits per heavy atom. The van der Waals surface area contributed by atoms with E-state index in [-0.39, 0.29) is 0 Å². The average molecular weight is 248 g/mol. The molecule has 0 spiro atoms. The lowest BCUT2D eigenvalue weighted by molar-refractivity contribution is 0.374. The summed E-state index contributed by atoms with van der Waals surface area (Å²) in [6, 6.07) is 2.09. The summed E-state index contributed by atoms with van der Waals surface area (Å²) in [6.45, 7) is 10.7. The molecule has 1 N–H and O–H groups in total. The van der Waals surface area contributed by atoms with Gasteiger partial charge in [0.25, 0.3) is 0 Å². The predicted octanol–water partition coefficient (Wildman–Crippen LogP) is 1.92. The monoisotopic (exact) mass is 248 g/mol. The van der Waals surface area contributed by atoms with Crippen LogP contribution in [-0.2, 0) is 0 Å². The van der Waals surface area contributed by atoms with E-state index in [0.29, 0.717) is 0 Å². The molecule has 2 rings (SSSR count). The molecule has 1 aliphatic heterocycles. The van der Waals surface area contributed by atoms with E-state index >= 15 is 0 Å². The summed E-state index contributed by atoms with van der Waals surface area (Å²) in [5, 5.41) is 3.42. The number of hydrogen-bond acceptors (Lipinski definition) is 4. The molecule has 1 fully saturated rings. The molecule has 1 aromatic heterocycles. The molecular formula is C14H24N4. The van der Waals surface area contributed by atoms with Crippen molar-refractivity contribution in [2.75, 3.05) is 31.1 Å². The lowest BCUT2D eigenvalue weighted by atomic mass is 9.97. The molecule has 1 saturated heterocycles. The summed E-state index contributed by atoms with van der Waals surface area (Å²) in [7, 11) is 0. The van der Waals surface area contributed by atoms with E-state index in [9.17, 15) is 0 Å². The summed E-state index contributed by atoms with van der Waals surface area (Å²) in [6.07, 6.45) is 2.55. The highest BCUT2D eigenvalue weighted by Crippen LogP contribution is 2.18. The first-order chi connectivity index (χ1) is 8.69. The Morgan fingerprint density at radius 1 is 1.28 bits per heavy atom. The Kier molecular flexibility index (Phi) is 4.53. The number of piperidine rings is 1. The Balaban J connectivity index is 2.06. The van der Waals surface area contributed by atoms with Crippen LogP contribution in [0.3, 0.4) is 0 Å². The summed E-state index contributed by atoms with van der Waals surface area (Å²) in [5.74, 6) is 2.75. The molecule has 0 radical (unpaired) electrons. The quantitative estimate of drug-likeness (QED) is 0.884. The fraction of sp³-hybridized carbons (Fsp3) is 0.714. The first kappa shape index (κ1) is 13.3. The Hall–Kier alpha value is -1.16. The van der Waals surface area contributed by atoms with Crippen LogP contribution < -0.4 is 10.2 Å². The van der Waals surface area contributed by atoms with Gasteiger partial charge in [-0.25, -0.2) is 9.97 Å². The molecule has 4 nitrogen and oxygen atoms in total. The largest absolute Gasteiger partial charge is 0.357 e. The van der Waals surface area contributed by atoms with E-state index in [0.717, 1.165) is 49.4 Å². The Morgan fingerprint density at radius 2 is 2.00 bits per heavy atom. The van der Waals surface area contributed by atoms with E-state index in [1.54, 1.807) is 0 Å². The fourth-order valence-corrected chi connectivity index (χ4v) is 2.62. The molecule has 0 bridgehead atoms. The number of anilines is 1. The van der Waals surface area contributed by atoms with Gasteiger partial charge in [0.15, 0.2) is 0 Å². The second-order valence-corrected chi connectivity index (χ2v) is 5.15. The topological polar surface area (TPSA) is 41.0 Å². The van der Waals surface area contributed by atoms with Gasteiger partial charge < -0.3 is 10.2 Å². The summed E-state index contributed by atoms with van der Waals surface area (Å²) >= 11 is 0. The van der Waals surface area contributed by atoms with Gasteiger partial charge in [0, 0.05) is 24.8 Å². The molecule has 0 aromatic carbocycles. The van der Waals surface area contributed by atoms with Gasteiger partial charge in [-0.3, -0.25) is 0 Å². The van der Waals surface area contributed by atoms with Gasteiger partial charge in [-0.15, -0.1) is 0 Å². The summed E-state index contributed by atoms with van der Waals surface area (Å²) in [5.41, 5.74) is 1.06. The highest BCUT2D eigenvalue weighted by molar-refractivity contribution is 5.39. The highest BCUT2D eigenvalue weighted by atomic mass is 15.2. The maximum absolute atomic E-state index is 4.57. The first-order valence-corrected chi connectivity index (χ1v) is 6.97. The van der Waals surface area contributed by atoms with Crippen molar-refractivity contribution in [3.8, 4) is 0 Å². The van der Waals surface area contributed by atoms with E-state index in [1.807, 2.05) is 13.8 Å². The molecule has 0 atom stereocenters. The highest BCUT2D eigenvalue weighted by Gasteiger charge is 2.17. The maximum atomic E-state index is 4.57. The lowest BCUT2D eigenvalue weighted by Gasteiger charge is -2.30. The van der Waals surface area contributed by atoms with Crippen LogP contribution in [0, 0.1) is 19.8 Å². The number of rotatable bonds is 4. The van der Waals surface area contributed by atoms with Crippen LogP contribution in [-0.4, -0.2) is 36.1 Å². The van der Waals surface area contributed by atoms with Crippen molar-refractivity contribution < 1.29 is 0 Å². The van der Waals surface area contributed by atoms with Gasteiger partial charge in [-0.1, -0.05) is 0 Å². The summed E-state index contributed by atoms with van der Waals surface area (Å²) < 4.78 is 0. The molecule has 0 amide bonds. The van der Waals surface area contributed by atoms with E-state index in [4.69, 9.17) is 0 Å². The van der Waals surface area contributed by atoms with E-state index in [1.165, 1.54) is 12.8 Å². The zero-order valence-electron chi connectivity index (χ0n) is 11.7. The molecular weight excluding hydrogens is 224 g/mol. The fourth-order valence-electron chi connectivity index (χ4n) is 2.62. The molecule has 18 heavy (non-hydrogen) atoms. The smallest absolute Gasteiger partial charge is 0.132 e. The van der Waals surface area contributed by atoms with Crippen LogP contribution in [0.1, 0.15) is 31.3 Å². The van der Waals surface area contributed by atoms with Crippen LogP contribution in [0.5, 0.6) is 0 Å². The third kappa shape index (κ3) is 3.42. The van der Waals surface area contributed by atoms with Crippen LogP contribution in [0.2, 0.25) is 0 Å². The second-order valence-electron chi connectivity index (χ2n) is 5.15. The van der Waals surface area contributed by atoms with Crippen LogP contribution in [0.15, 0.2) is 6.07 Å². The predicted molar refractivity (Wildman–Crippen MR) is 75.0 cm³/mol. The van der Waals surface area contributed by atoms with Crippen LogP contribution in [0.4, 0.5) is 5.82 Å². The molecule has 2 heterocycles. The van der Waals surface area contributed by atoms with Crippen molar-refractivity contribution >= 4 is 5.82 Å². The van der Waals surface area contributed by atoms with Gasteiger partial charge in [0.1, 0.15) is 11.6 Å². The third-order valence-corrected chi connectivity index (χ3v) is 3.60. The van der Waals surface area contributed by atoms with Crippen molar-refractivity contribution in [2.24, 2.45) is 5.92 Å². The average Bonchev–Trinajstić information content (AvgIpc) is 2.36. The van der Waals surface area contributed by atoms with Crippen molar-refractivity contribution in [3.63, 3.8) is 0 Å². The second kappa shape index (κ2) is 6.14. The first-order valence-electron chi connectivity index (χ1n) is 6.97. The molecule has 100 valence electrons. The Labute approximate surface area is 110 Å². The molecule has 0 unspecified atom stereocenters. The molecule has 1 aromatic rings. The van der Waals surface area contributed by atoms with Gasteiger partial charge >= 0.3 is 0 Å². The van der Waals surface area contributed by atoms with Crippen molar-refractivity contribution in [3.05, 3.63) is 17.6 Å². The minimum Gasteiger partial charge on any atom is -0.357 e. The molecule has 4 heteroatoms. The zero-order valence-corrected chi connectivity index (χ0v) is 11.7. The number of aryl methyl sites for hydroxylation is 2. The maximum Gasteiger partial charge on any atom is 0.132 e. The third-order valence-electron chi connectivity index (χ3n) is 3.60. The minimum absolute atomic E-state index is 0.793. The number of aromatic nitrogens is 2. The van der Waals surface area contributed by atoms with E-state index in [2.05, 4.69) is 33.2 Å². The van der Waals surface area contributed by atoms with Gasteiger partial charge in [0.2, 0.25) is 0 Å². The minimum atomic E-state index is 0.793. The van der Waals surface area contributed by atoms with Gasteiger partial charge in [0.05, 0.1) is 0 Å². The number of nitrogens with zero attached hydrogens (tertiary/aromatic N) is 3. The molecule has 0 saturated carbocycles. The SMILES string of the molecule is CCN(CC1CCNCC1)c1cc(C)nc(C)n1. The molecule has 1 aliphatic rings. The summed E-state index contributed by atoms with van der Waals surface area (Å²) in [4.78, 5) is 11.3. The van der Waals surface area contributed by atoms with Crippen molar-refractivity contribution in [1.29, 1.82) is 0 Å². The number of hydrogen-bond donors (Lipinski definition) is 1. The standard InChI is InChI=1S/C14H24N4/c1-4-18(10-13-5-7-15-8-6-13)14-9-11(2)16-12(3)17-14/h9,13,15H,4-8,10H2,1-3H3. The number of nitrogens with one attached hydrogen (secondary N) is 1. The van der Waals surface area contributed by atoms with Crippen molar-refractivity contribution in [2.45, 2.75) is 33.6 Å². The van der Waals surface area contributed by atoms with Gasteiger partial charge in [-0.2, -0.15) is 0 Å². The van der Waals surface area contributed by atoms with E-state index < -0.39 is 0 Å². The van der Waals surface area contributed by atoms with Gasteiger partial charge in [-0.05, 0) is 52.6 Å². The van der Waals surface area contributed by atoms with Crippen LogP contribution in [0.25, 0.3) is 0 Å². The molecule has 0 aliphatic carbocycles. The van der Waals surface area contributed by atoms with Crippen LogP contribution >= 0.6 is 0 Å². The normalized spacial score (nSPS) is 16.8. The zero-order chi connectivity index (χ0) is 13.0. The van der Waals surface area contributed by atoms with Crippen molar-refractivity contribution in [1.82, 2.24) is 15.3 Å². The Bertz CT molecular complexity index is 365. The lowest BCUT2D eigenvalue weighted by Crippen LogP contribution is -2.36.